The number of aromatic nitrogens is 1. The highest BCUT2D eigenvalue weighted by Crippen LogP contribution is 2.38. The predicted octanol–water partition coefficient (Wildman–Crippen LogP) is 3.07. The molecule has 2 rings (SSSR count). The van der Waals surface area contributed by atoms with Crippen molar-refractivity contribution in [3.05, 3.63) is 11.4 Å². The minimum atomic E-state index is 0.769. The zero-order chi connectivity index (χ0) is 11.5. The maximum Gasteiger partial charge on any atom is 0.182 e. The molecule has 0 unspecified atom stereocenters. The van der Waals surface area contributed by atoms with Crippen LogP contribution in [0.4, 0.5) is 0 Å². The summed E-state index contributed by atoms with van der Waals surface area (Å²) < 4.78 is 13.9. The van der Waals surface area contributed by atoms with Gasteiger partial charge >= 0.3 is 0 Å². The normalized spacial score (nSPS) is 14.9. The van der Waals surface area contributed by atoms with Crippen molar-refractivity contribution in [2.24, 2.45) is 0 Å². The van der Waals surface area contributed by atoms with Gasteiger partial charge in [0.05, 0.1) is 24.6 Å². The van der Waals surface area contributed by atoms with E-state index in [0.717, 1.165) is 37.7 Å². The molecule has 0 fully saturated rings. The number of unbranched alkanes of at least 4 members (excludes halogenated alkanes) is 1. The molecule has 90 valence electrons. The molecule has 0 saturated carbocycles. The van der Waals surface area contributed by atoms with Gasteiger partial charge in [-0.15, -0.1) is 0 Å². The Labute approximate surface area is 97.4 Å². The molecule has 0 saturated heterocycles. The lowest BCUT2D eigenvalue weighted by Crippen LogP contribution is -2.05. The monoisotopic (exact) mass is 223 g/mol. The van der Waals surface area contributed by atoms with Crippen LogP contribution in [0.1, 0.15) is 37.6 Å². The number of hydrogen-bond donors (Lipinski definition) is 0. The van der Waals surface area contributed by atoms with Gasteiger partial charge in [0.25, 0.3) is 0 Å². The van der Waals surface area contributed by atoms with Crippen molar-refractivity contribution in [2.75, 3.05) is 13.2 Å². The minimum Gasteiger partial charge on any atom is -0.488 e. The molecule has 0 aromatic carbocycles. The summed E-state index contributed by atoms with van der Waals surface area (Å²) in [5.41, 5.74) is 2.42. The van der Waals surface area contributed by atoms with Crippen molar-refractivity contribution in [3.63, 3.8) is 0 Å². The van der Waals surface area contributed by atoms with Crippen molar-refractivity contribution in [2.45, 2.75) is 46.6 Å². The summed E-state index contributed by atoms with van der Waals surface area (Å²) in [6, 6.07) is 0. The van der Waals surface area contributed by atoms with Gasteiger partial charge in [0.15, 0.2) is 11.5 Å². The van der Waals surface area contributed by atoms with E-state index >= 15 is 0 Å². The van der Waals surface area contributed by atoms with Crippen LogP contribution in [0.3, 0.4) is 0 Å². The van der Waals surface area contributed by atoms with E-state index in [9.17, 15) is 0 Å². The summed E-state index contributed by atoms with van der Waals surface area (Å²) in [5.74, 6) is 1.93. The molecular formula is C13H21NO2. The Bertz CT molecular complexity index is 339. The highest BCUT2D eigenvalue weighted by Gasteiger charge is 2.21. The van der Waals surface area contributed by atoms with Gasteiger partial charge in [-0.25, -0.2) is 0 Å². The maximum absolute atomic E-state index is 5.77. The summed E-state index contributed by atoms with van der Waals surface area (Å²) in [4.78, 5) is 0. The Balaban J connectivity index is 2.33. The fraction of sp³-hybridized carbons (Fsp3) is 0.692. The van der Waals surface area contributed by atoms with Crippen molar-refractivity contribution in [1.29, 1.82) is 0 Å². The van der Waals surface area contributed by atoms with Gasteiger partial charge in [-0.05, 0) is 20.3 Å². The molecule has 16 heavy (non-hydrogen) atoms. The van der Waals surface area contributed by atoms with E-state index in [-0.39, 0.29) is 0 Å². The lowest BCUT2D eigenvalue weighted by Gasteiger charge is -2.09. The topological polar surface area (TPSA) is 23.4 Å². The molecule has 1 aliphatic rings. The van der Waals surface area contributed by atoms with E-state index in [1.165, 1.54) is 24.2 Å². The van der Waals surface area contributed by atoms with E-state index < -0.39 is 0 Å². The van der Waals surface area contributed by atoms with Crippen LogP contribution in [0.5, 0.6) is 11.5 Å². The second-order valence-electron chi connectivity index (χ2n) is 4.38. The third kappa shape index (κ3) is 1.91. The molecule has 2 heterocycles. The van der Waals surface area contributed by atoms with E-state index in [1.807, 2.05) is 0 Å². The number of hydrogen-bond acceptors (Lipinski definition) is 2. The number of fused-ring (bicyclic) bond motifs is 1. The van der Waals surface area contributed by atoms with Crippen LogP contribution in [-0.4, -0.2) is 17.8 Å². The molecule has 0 spiro atoms. The van der Waals surface area contributed by atoms with Crippen molar-refractivity contribution < 1.29 is 9.47 Å². The van der Waals surface area contributed by atoms with Crippen LogP contribution in [0, 0.1) is 13.8 Å². The Hall–Kier alpha value is -1.12. The zero-order valence-corrected chi connectivity index (χ0v) is 10.5. The van der Waals surface area contributed by atoms with E-state index in [1.54, 1.807) is 0 Å². The molecule has 0 aliphatic carbocycles. The van der Waals surface area contributed by atoms with Gasteiger partial charge in [0.2, 0.25) is 0 Å². The summed E-state index contributed by atoms with van der Waals surface area (Å²) in [6.07, 6.45) is 3.39. The lowest BCUT2D eigenvalue weighted by atomic mass is 10.3. The summed E-state index contributed by atoms with van der Waals surface area (Å²) in [6.45, 7) is 9.06. The molecule has 1 aromatic heterocycles. The quantitative estimate of drug-likeness (QED) is 0.786. The Morgan fingerprint density at radius 2 is 1.62 bits per heavy atom. The van der Waals surface area contributed by atoms with Crippen molar-refractivity contribution in [3.8, 4) is 11.5 Å². The third-order valence-corrected chi connectivity index (χ3v) is 3.19. The molecule has 1 aliphatic heterocycles. The van der Waals surface area contributed by atoms with Crippen LogP contribution >= 0.6 is 0 Å². The number of nitrogens with zero attached hydrogens (tertiary/aromatic N) is 1. The first kappa shape index (κ1) is 11.4. The Morgan fingerprint density at radius 1 is 1.06 bits per heavy atom. The fourth-order valence-corrected chi connectivity index (χ4v) is 2.22. The predicted molar refractivity (Wildman–Crippen MR) is 64.4 cm³/mol. The van der Waals surface area contributed by atoms with Gasteiger partial charge < -0.3 is 14.0 Å². The Morgan fingerprint density at radius 3 is 2.12 bits per heavy atom. The van der Waals surface area contributed by atoms with Crippen LogP contribution in [0.2, 0.25) is 0 Å². The van der Waals surface area contributed by atoms with E-state index in [4.69, 9.17) is 9.47 Å². The van der Waals surface area contributed by atoms with Crippen LogP contribution < -0.4 is 9.47 Å². The number of rotatable bonds is 3. The minimum absolute atomic E-state index is 0.769. The van der Waals surface area contributed by atoms with E-state index in [2.05, 4.69) is 25.3 Å². The molecule has 0 bridgehead atoms. The fourth-order valence-electron chi connectivity index (χ4n) is 2.22. The lowest BCUT2D eigenvalue weighted by molar-refractivity contribution is 0.291. The SMILES string of the molecule is CCCCn1c(C)c2c(c1C)OCCCO2. The Kier molecular flexibility index (Phi) is 3.42. The van der Waals surface area contributed by atoms with Gasteiger partial charge in [-0.2, -0.15) is 0 Å². The van der Waals surface area contributed by atoms with Gasteiger partial charge in [0, 0.05) is 13.0 Å². The molecule has 3 heteroatoms. The molecule has 3 nitrogen and oxygen atoms in total. The summed E-state index contributed by atoms with van der Waals surface area (Å²) in [5, 5.41) is 0. The molecule has 0 N–H and O–H groups in total. The second-order valence-corrected chi connectivity index (χ2v) is 4.38. The first-order valence-corrected chi connectivity index (χ1v) is 6.21. The molecular weight excluding hydrogens is 202 g/mol. The molecule has 0 atom stereocenters. The standard InChI is InChI=1S/C13H21NO2/c1-4-5-7-14-10(2)12-13(11(14)3)16-9-6-8-15-12/h4-9H2,1-3H3. The molecule has 0 radical (unpaired) electrons. The van der Waals surface area contributed by atoms with Crippen LogP contribution in [0.25, 0.3) is 0 Å². The van der Waals surface area contributed by atoms with Gasteiger partial charge in [0.1, 0.15) is 0 Å². The number of ether oxygens (including phenoxy) is 2. The largest absolute Gasteiger partial charge is 0.488 e. The second kappa shape index (κ2) is 4.81. The average molecular weight is 223 g/mol. The first-order valence-electron chi connectivity index (χ1n) is 6.21. The first-order chi connectivity index (χ1) is 7.75. The van der Waals surface area contributed by atoms with E-state index in [0.29, 0.717) is 0 Å². The van der Waals surface area contributed by atoms with Gasteiger partial charge in [-0.3, -0.25) is 0 Å². The highest BCUT2D eigenvalue weighted by atomic mass is 16.5. The summed E-state index contributed by atoms with van der Waals surface area (Å²) >= 11 is 0. The maximum atomic E-state index is 5.77. The highest BCUT2D eigenvalue weighted by molar-refractivity contribution is 5.50. The molecule has 0 amide bonds. The third-order valence-electron chi connectivity index (χ3n) is 3.19. The molecule has 1 aromatic rings. The smallest absolute Gasteiger partial charge is 0.182 e. The zero-order valence-electron chi connectivity index (χ0n) is 10.5. The average Bonchev–Trinajstić information content (AvgIpc) is 2.51. The van der Waals surface area contributed by atoms with Gasteiger partial charge in [-0.1, -0.05) is 13.3 Å². The van der Waals surface area contributed by atoms with Crippen molar-refractivity contribution >= 4 is 0 Å². The van der Waals surface area contributed by atoms with Crippen molar-refractivity contribution in [1.82, 2.24) is 4.57 Å². The van der Waals surface area contributed by atoms with Crippen LogP contribution in [0.15, 0.2) is 0 Å². The van der Waals surface area contributed by atoms with Crippen LogP contribution in [-0.2, 0) is 6.54 Å². The summed E-state index contributed by atoms with van der Waals surface area (Å²) in [7, 11) is 0.